The van der Waals surface area contributed by atoms with Crippen molar-refractivity contribution in [2.24, 2.45) is 5.41 Å². The summed E-state index contributed by atoms with van der Waals surface area (Å²) in [5.74, 6) is 0. The Morgan fingerprint density at radius 3 is 0.952 bits per heavy atom. The quantitative estimate of drug-likeness (QED) is 0.442. The lowest BCUT2D eigenvalue weighted by atomic mass is 10.00. The average molecular weight is 369 g/mol. The minimum absolute atomic E-state index is 0.286. The largest absolute Gasteiger partial charge is 0.0969 e. The van der Waals surface area contributed by atoms with Crippen LogP contribution in [0.4, 0.5) is 0 Å². The summed E-state index contributed by atoms with van der Waals surface area (Å²) in [7, 11) is 0. The molecule has 21 heavy (non-hydrogen) atoms. The summed E-state index contributed by atoms with van der Waals surface area (Å²) >= 11 is 12.4. The van der Waals surface area contributed by atoms with Gasteiger partial charge in [-0.2, -0.15) is 0 Å². The van der Waals surface area contributed by atoms with E-state index < -0.39 is 12.1 Å². The molecule has 0 amide bonds. The van der Waals surface area contributed by atoms with Gasteiger partial charge in [-0.3, -0.25) is 0 Å². The normalized spacial score (nSPS) is 14.8. The Morgan fingerprint density at radius 1 is 0.619 bits per heavy atom. The lowest BCUT2D eigenvalue weighted by Crippen LogP contribution is -2.29. The standard InChI is InChI=1S/C17H38P2S2/c1-13(2)18(20,14(3)4)11-17(9,10)12-19(21,15(5)6)16(7)8/h13-16H,11-12H2,1-10H3. The maximum atomic E-state index is 6.21. The van der Waals surface area contributed by atoms with Gasteiger partial charge < -0.3 is 0 Å². The van der Waals surface area contributed by atoms with E-state index in [2.05, 4.69) is 69.2 Å². The molecule has 0 nitrogen and oxygen atoms in total. The van der Waals surface area contributed by atoms with E-state index in [9.17, 15) is 0 Å². The fourth-order valence-corrected chi connectivity index (χ4v) is 12.3. The summed E-state index contributed by atoms with van der Waals surface area (Å²) in [4.78, 5) is 0. The van der Waals surface area contributed by atoms with Gasteiger partial charge in [0.1, 0.15) is 0 Å². The zero-order valence-electron chi connectivity index (χ0n) is 15.9. The highest BCUT2D eigenvalue weighted by Gasteiger charge is 2.37. The molecule has 0 aromatic rings. The van der Waals surface area contributed by atoms with Crippen LogP contribution in [0.25, 0.3) is 0 Å². The Hall–Kier alpha value is 1.30. The summed E-state index contributed by atoms with van der Waals surface area (Å²) in [6.45, 7) is 23.5. The summed E-state index contributed by atoms with van der Waals surface area (Å²) in [6.07, 6.45) is 2.42. The van der Waals surface area contributed by atoms with Gasteiger partial charge >= 0.3 is 0 Å². The van der Waals surface area contributed by atoms with Gasteiger partial charge in [0.05, 0.1) is 0 Å². The molecule has 0 rings (SSSR count). The molecule has 0 aromatic heterocycles. The molecule has 0 aromatic carbocycles. The molecule has 0 heterocycles. The molecule has 0 fully saturated rings. The van der Waals surface area contributed by atoms with Gasteiger partial charge in [-0.1, -0.05) is 92.9 Å². The second-order valence-corrected chi connectivity index (χ2v) is 20.8. The monoisotopic (exact) mass is 368 g/mol. The predicted octanol–water partition coefficient (Wildman–Crippen LogP) is 6.61. The third-order valence-corrected chi connectivity index (χ3v) is 20.4. The summed E-state index contributed by atoms with van der Waals surface area (Å²) in [6, 6.07) is -2.65. The van der Waals surface area contributed by atoms with Gasteiger partial charge in [0.25, 0.3) is 0 Å². The maximum Gasteiger partial charge on any atom is -0.0173 e. The van der Waals surface area contributed by atoms with Crippen LogP contribution in [-0.2, 0) is 23.6 Å². The van der Waals surface area contributed by atoms with Gasteiger partial charge in [-0.25, -0.2) is 0 Å². The van der Waals surface area contributed by atoms with Crippen LogP contribution in [0.15, 0.2) is 0 Å². The highest BCUT2D eigenvalue weighted by molar-refractivity contribution is 8.16. The van der Waals surface area contributed by atoms with Gasteiger partial charge in [0.2, 0.25) is 0 Å². The van der Waals surface area contributed by atoms with E-state index in [1.165, 1.54) is 12.3 Å². The first-order chi connectivity index (χ1) is 9.19. The first-order valence-electron chi connectivity index (χ1n) is 8.36. The fourth-order valence-electron chi connectivity index (χ4n) is 3.31. The summed E-state index contributed by atoms with van der Waals surface area (Å²) < 4.78 is 0. The van der Waals surface area contributed by atoms with Crippen molar-refractivity contribution < 1.29 is 0 Å². The first-order valence-corrected chi connectivity index (χ1v) is 14.6. The Balaban J connectivity index is 5.41. The first kappa shape index (κ1) is 22.3. The predicted molar refractivity (Wildman–Crippen MR) is 113 cm³/mol. The molecule has 0 saturated carbocycles. The molecule has 4 heteroatoms. The summed E-state index contributed by atoms with van der Waals surface area (Å²) in [5.41, 5.74) is 2.85. The topological polar surface area (TPSA) is 0 Å². The molecular formula is C17H38P2S2. The Labute approximate surface area is 145 Å². The molecule has 0 saturated heterocycles. The fraction of sp³-hybridized carbons (Fsp3) is 1.00. The molecule has 0 aliphatic rings. The van der Waals surface area contributed by atoms with E-state index in [0.29, 0.717) is 22.6 Å². The van der Waals surface area contributed by atoms with Crippen LogP contribution < -0.4 is 0 Å². The van der Waals surface area contributed by atoms with Crippen molar-refractivity contribution in [1.29, 1.82) is 0 Å². The van der Waals surface area contributed by atoms with Gasteiger partial charge in [0, 0.05) is 0 Å². The van der Waals surface area contributed by atoms with Crippen molar-refractivity contribution in [1.82, 2.24) is 0 Å². The lowest BCUT2D eigenvalue weighted by molar-refractivity contribution is 0.479. The molecule has 0 spiro atoms. The van der Waals surface area contributed by atoms with Crippen molar-refractivity contribution in [3.8, 4) is 0 Å². The molecule has 128 valence electrons. The molecule has 0 radical (unpaired) electrons. The van der Waals surface area contributed by atoms with Crippen LogP contribution >= 0.6 is 12.1 Å². The molecule has 0 bridgehead atoms. The highest BCUT2D eigenvalue weighted by atomic mass is 32.4. The van der Waals surface area contributed by atoms with E-state index in [4.69, 9.17) is 23.6 Å². The summed E-state index contributed by atoms with van der Waals surface area (Å²) in [5, 5.41) is 0. The van der Waals surface area contributed by atoms with Crippen LogP contribution in [0.2, 0.25) is 0 Å². The number of rotatable bonds is 8. The smallest absolute Gasteiger partial charge is 0.0173 e. The van der Waals surface area contributed by atoms with Crippen LogP contribution in [0.1, 0.15) is 69.2 Å². The van der Waals surface area contributed by atoms with Crippen molar-refractivity contribution in [2.45, 2.75) is 91.9 Å². The zero-order chi connectivity index (χ0) is 17.2. The van der Waals surface area contributed by atoms with Crippen LogP contribution in [0.3, 0.4) is 0 Å². The van der Waals surface area contributed by atoms with Crippen molar-refractivity contribution in [3.63, 3.8) is 0 Å². The van der Waals surface area contributed by atoms with E-state index in [1.807, 2.05) is 0 Å². The highest BCUT2D eigenvalue weighted by Crippen LogP contribution is 2.63. The van der Waals surface area contributed by atoms with Crippen molar-refractivity contribution in [2.75, 3.05) is 12.3 Å². The minimum Gasteiger partial charge on any atom is -0.0969 e. The Bertz CT molecular complexity index is 359. The molecule has 0 aliphatic heterocycles. The van der Waals surface area contributed by atoms with Crippen molar-refractivity contribution >= 4 is 35.7 Å². The van der Waals surface area contributed by atoms with Crippen LogP contribution in [0, 0.1) is 5.41 Å². The van der Waals surface area contributed by atoms with E-state index in [-0.39, 0.29) is 5.41 Å². The second-order valence-electron chi connectivity index (χ2n) is 8.56. The molecule has 0 atom stereocenters. The Morgan fingerprint density at radius 2 is 0.810 bits per heavy atom. The zero-order valence-corrected chi connectivity index (χ0v) is 19.4. The van der Waals surface area contributed by atoms with Crippen LogP contribution in [-0.4, -0.2) is 35.0 Å². The van der Waals surface area contributed by atoms with E-state index in [1.54, 1.807) is 0 Å². The molecule has 0 aliphatic carbocycles. The van der Waals surface area contributed by atoms with E-state index >= 15 is 0 Å². The number of hydrogen-bond donors (Lipinski definition) is 0. The van der Waals surface area contributed by atoms with Gasteiger partial charge in [-0.05, 0) is 52.5 Å². The van der Waals surface area contributed by atoms with Crippen molar-refractivity contribution in [3.05, 3.63) is 0 Å². The second kappa shape index (κ2) is 7.92. The van der Waals surface area contributed by atoms with E-state index in [0.717, 1.165) is 0 Å². The molecule has 0 unspecified atom stereocenters. The minimum atomic E-state index is -1.33. The van der Waals surface area contributed by atoms with Gasteiger partial charge in [-0.15, -0.1) is 0 Å². The third-order valence-electron chi connectivity index (χ3n) is 4.85. The van der Waals surface area contributed by atoms with Crippen LogP contribution in [0.5, 0.6) is 0 Å². The molecule has 0 N–H and O–H groups in total. The van der Waals surface area contributed by atoms with Gasteiger partial charge in [0.15, 0.2) is 0 Å². The maximum absolute atomic E-state index is 6.21. The Kier molecular flexibility index (Phi) is 8.41. The molecular weight excluding hydrogens is 330 g/mol. The third kappa shape index (κ3) is 5.70. The number of hydrogen-bond acceptors (Lipinski definition) is 2. The SMILES string of the molecule is CC(C)P(=S)(CC(C)(C)CP(=S)(C(C)C)C(C)C)C(C)C. The average Bonchev–Trinajstić information content (AvgIpc) is 2.26. The lowest BCUT2D eigenvalue weighted by Gasteiger charge is -2.42.